The van der Waals surface area contributed by atoms with Crippen LogP contribution in [0.1, 0.15) is 42.9 Å². The predicted octanol–water partition coefficient (Wildman–Crippen LogP) is 3.95. The van der Waals surface area contributed by atoms with E-state index in [1.807, 2.05) is 37.3 Å². The number of amides is 1. The molecule has 7 heteroatoms. The number of carbonyl (C=O) groups is 1. The highest BCUT2D eigenvalue weighted by Gasteiger charge is 2.23. The SMILES string of the molecule is CCN(CC)S(=O)(=O)c1cccc(C(=O)N[C@H](C)c2cc3ccccc3o2)c1. The van der Waals surface area contributed by atoms with Crippen molar-refractivity contribution in [1.29, 1.82) is 0 Å². The Kier molecular flexibility index (Phi) is 5.86. The second kappa shape index (κ2) is 8.16. The zero-order valence-corrected chi connectivity index (χ0v) is 17.0. The molecule has 0 saturated heterocycles. The van der Waals surface area contributed by atoms with E-state index in [9.17, 15) is 13.2 Å². The van der Waals surface area contributed by atoms with Gasteiger partial charge >= 0.3 is 0 Å². The highest BCUT2D eigenvalue weighted by molar-refractivity contribution is 7.89. The normalized spacial score (nSPS) is 13.0. The van der Waals surface area contributed by atoms with E-state index in [4.69, 9.17) is 4.42 Å². The molecule has 3 rings (SSSR count). The summed E-state index contributed by atoms with van der Waals surface area (Å²) in [7, 11) is -3.62. The topological polar surface area (TPSA) is 79.6 Å². The molecule has 0 aliphatic carbocycles. The summed E-state index contributed by atoms with van der Waals surface area (Å²) in [5.74, 6) is 0.283. The number of hydrogen-bond donors (Lipinski definition) is 1. The molecule has 2 aromatic carbocycles. The molecule has 1 atom stereocenters. The summed E-state index contributed by atoms with van der Waals surface area (Å²) < 4.78 is 32.5. The number of carbonyl (C=O) groups excluding carboxylic acids is 1. The van der Waals surface area contributed by atoms with Gasteiger partial charge < -0.3 is 9.73 Å². The Morgan fingerprint density at radius 3 is 2.46 bits per heavy atom. The Bertz CT molecular complexity index is 1050. The van der Waals surface area contributed by atoms with E-state index < -0.39 is 10.0 Å². The first kappa shape index (κ1) is 20.1. The van der Waals surface area contributed by atoms with E-state index in [-0.39, 0.29) is 22.4 Å². The molecule has 1 N–H and O–H groups in total. The standard InChI is InChI=1S/C21H24N2O4S/c1-4-23(5-2)28(25,26)18-11-8-10-17(13-18)21(24)22-15(3)20-14-16-9-6-7-12-19(16)27-20/h6-15H,4-5H2,1-3H3,(H,22,24)/t15-/m1/s1. The lowest BCUT2D eigenvalue weighted by molar-refractivity contribution is 0.0935. The molecule has 0 unspecified atom stereocenters. The number of furan rings is 1. The van der Waals surface area contributed by atoms with Crippen molar-refractivity contribution in [2.45, 2.75) is 31.7 Å². The molecule has 0 fully saturated rings. The largest absolute Gasteiger partial charge is 0.459 e. The van der Waals surface area contributed by atoms with Crippen molar-refractivity contribution in [2.75, 3.05) is 13.1 Å². The van der Waals surface area contributed by atoms with Crippen molar-refractivity contribution < 1.29 is 17.6 Å². The average Bonchev–Trinajstić information content (AvgIpc) is 3.13. The fraction of sp³-hybridized carbons (Fsp3) is 0.286. The van der Waals surface area contributed by atoms with Gasteiger partial charge in [0.25, 0.3) is 5.91 Å². The van der Waals surface area contributed by atoms with Crippen LogP contribution in [0.4, 0.5) is 0 Å². The maximum atomic E-state index is 12.7. The molecule has 1 amide bonds. The van der Waals surface area contributed by atoms with E-state index in [2.05, 4.69) is 5.32 Å². The van der Waals surface area contributed by atoms with E-state index in [1.54, 1.807) is 26.0 Å². The Morgan fingerprint density at radius 1 is 1.07 bits per heavy atom. The second-order valence-corrected chi connectivity index (χ2v) is 8.44. The van der Waals surface area contributed by atoms with Crippen LogP contribution in [0.2, 0.25) is 0 Å². The van der Waals surface area contributed by atoms with E-state index in [0.717, 1.165) is 11.0 Å². The quantitative estimate of drug-likeness (QED) is 0.651. The second-order valence-electron chi connectivity index (χ2n) is 6.50. The van der Waals surface area contributed by atoms with Crippen molar-refractivity contribution in [1.82, 2.24) is 9.62 Å². The number of hydrogen-bond acceptors (Lipinski definition) is 4. The molecule has 0 aliphatic rings. The molecule has 3 aromatic rings. The lowest BCUT2D eigenvalue weighted by Gasteiger charge is -2.19. The highest BCUT2D eigenvalue weighted by Crippen LogP contribution is 2.24. The van der Waals surface area contributed by atoms with Crippen molar-refractivity contribution in [3.05, 3.63) is 65.9 Å². The molecule has 1 aromatic heterocycles. The van der Waals surface area contributed by atoms with E-state index in [1.165, 1.54) is 16.4 Å². The van der Waals surface area contributed by atoms with Crippen LogP contribution in [0.25, 0.3) is 11.0 Å². The predicted molar refractivity (Wildman–Crippen MR) is 109 cm³/mol. The minimum absolute atomic E-state index is 0.111. The van der Waals surface area contributed by atoms with Crippen LogP contribution in [-0.2, 0) is 10.0 Å². The third-order valence-corrected chi connectivity index (χ3v) is 6.70. The average molecular weight is 401 g/mol. The van der Waals surface area contributed by atoms with Gasteiger partial charge in [-0.1, -0.05) is 38.1 Å². The first-order chi connectivity index (χ1) is 13.4. The molecule has 148 valence electrons. The minimum atomic E-state index is -3.62. The van der Waals surface area contributed by atoms with Crippen molar-refractivity contribution in [2.24, 2.45) is 0 Å². The summed E-state index contributed by atoms with van der Waals surface area (Å²) in [6.07, 6.45) is 0. The summed E-state index contributed by atoms with van der Waals surface area (Å²) >= 11 is 0. The van der Waals surface area contributed by atoms with Crippen molar-refractivity contribution in [3.8, 4) is 0 Å². The maximum absolute atomic E-state index is 12.7. The summed E-state index contributed by atoms with van der Waals surface area (Å²) in [5, 5.41) is 3.83. The van der Waals surface area contributed by atoms with Crippen LogP contribution < -0.4 is 5.32 Å². The smallest absolute Gasteiger partial charge is 0.251 e. The van der Waals surface area contributed by atoms with Gasteiger partial charge in [0.1, 0.15) is 11.3 Å². The Morgan fingerprint density at radius 2 is 1.79 bits per heavy atom. The van der Waals surface area contributed by atoms with Gasteiger partial charge in [0.05, 0.1) is 10.9 Å². The van der Waals surface area contributed by atoms with Crippen LogP contribution in [0, 0.1) is 0 Å². The molecular formula is C21H24N2O4S. The van der Waals surface area contributed by atoms with Gasteiger partial charge in [-0.15, -0.1) is 0 Å². The number of fused-ring (bicyclic) bond motifs is 1. The third-order valence-electron chi connectivity index (χ3n) is 4.66. The van der Waals surface area contributed by atoms with E-state index >= 15 is 0 Å². The number of nitrogens with zero attached hydrogens (tertiary/aromatic N) is 1. The summed E-state index contributed by atoms with van der Waals surface area (Å²) in [5.41, 5.74) is 1.04. The van der Waals surface area contributed by atoms with Crippen LogP contribution >= 0.6 is 0 Å². The first-order valence-electron chi connectivity index (χ1n) is 9.26. The van der Waals surface area contributed by atoms with Crippen LogP contribution in [0.5, 0.6) is 0 Å². The number of nitrogens with one attached hydrogen (secondary N) is 1. The van der Waals surface area contributed by atoms with Gasteiger partial charge in [-0.3, -0.25) is 4.79 Å². The van der Waals surface area contributed by atoms with Crippen molar-refractivity contribution in [3.63, 3.8) is 0 Å². The molecule has 6 nitrogen and oxygen atoms in total. The third kappa shape index (κ3) is 3.95. The Labute approximate surface area is 165 Å². The molecular weight excluding hydrogens is 376 g/mol. The van der Waals surface area contributed by atoms with Crippen LogP contribution in [0.15, 0.2) is 63.9 Å². The molecule has 0 bridgehead atoms. The summed E-state index contributed by atoms with van der Waals surface area (Å²) in [6, 6.07) is 15.3. The lowest BCUT2D eigenvalue weighted by Crippen LogP contribution is -2.31. The Balaban J connectivity index is 1.81. The van der Waals surface area contributed by atoms with Crippen molar-refractivity contribution >= 4 is 26.9 Å². The number of sulfonamides is 1. The molecule has 1 heterocycles. The zero-order valence-electron chi connectivity index (χ0n) is 16.2. The van der Waals surface area contributed by atoms with Gasteiger partial charge in [0.2, 0.25) is 10.0 Å². The number of rotatable bonds is 7. The van der Waals surface area contributed by atoms with Crippen LogP contribution in [-0.4, -0.2) is 31.7 Å². The summed E-state index contributed by atoms with van der Waals surface area (Å²) in [4.78, 5) is 12.8. The lowest BCUT2D eigenvalue weighted by atomic mass is 10.1. The van der Waals surface area contributed by atoms with Gasteiger partial charge in [-0.2, -0.15) is 4.31 Å². The first-order valence-corrected chi connectivity index (χ1v) is 10.7. The molecule has 0 aliphatic heterocycles. The van der Waals surface area contributed by atoms with Crippen LogP contribution in [0.3, 0.4) is 0 Å². The van der Waals surface area contributed by atoms with Gasteiger partial charge in [0, 0.05) is 24.0 Å². The Hall–Kier alpha value is -2.64. The monoisotopic (exact) mass is 400 g/mol. The number of benzene rings is 2. The highest BCUT2D eigenvalue weighted by atomic mass is 32.2. The number of para-hydroxylation sites is 1. The minimum Gasteiger partial charge on any atom is -0.459 e. The molecule has 0 spiro atoms. The molecule has 0 saturated carbocycles. The van der Waals surface area contributed by atoms with Gasteiger partial charge in [-0.25, -0.2) is 8.42 Å². The van der Waals surface area contributed by atoms with E-state index in [0.29, 0.717) is 18.8 Å². The van der Waals surface area contributed by atoms with Gasteiger partial charge in [0.15, 0.2) is 0 Å². The summed E-state index contributed by atoms with van der Waals surface area (Å²) in [6.45, 7) is 6.14. The zero-order chi connectivity index (χ0) is 20.3. The maximum Gasteiger partial charge on any atom is 0.251 e. The van der Waals surface area contributed by atoms with Gasteiger partial charge in [-0.05, 0) is 37.3 Å². The fourth-order valence-corrected chi connectivity index (χ4v) is 4.58. The molecule has 0 radical (unpaired) electrons. The molecule has 28 heavy (non-hydrogen) atoms. The fourth-order valence-electron chi connectivity index (χ4n) is 3.08.